The van der Waals surface area contributed by atoms with Crippen LogP contribution in [0.2, 0.25) is 0 Å². The molecule has 1 aromatic heterocycles. The molecule has 1 saturated carbocycles. The van der Waals surface area contributed by atoms with Crippen molar-refractivity contribution in [2.45, 2.75) is 18.9 Å². The van der Waals surface area contributed by atoms with Crippen LogP contribution in [0.25, 0.3) is 10.1 Å². The van der Waals surface area contributed by atoms with Crippen molar-refractivity contribution in [3.63, 3.8) is 0 Å². The lowest BCUT2D eigenvalue weighted by molar-refractivity contribution is 0.0706. The molecule has 0 unspecified atom stereocenters. The number of hydroxylamine groups is 1. The van der Waals surface area contributed by atoms with Gasteiger partial charge in [0, 0.05) is 10.3 Å². The van der Waals surface area contributed by atoms with Crippen molar-refractivity contribution < 1.29 is 14.8 Å². The van der Waals surface area contributed by atoms with E-state index < -0.39 is 5.91 Å². The van der Waals surface area contributed by atoms with Crippen molar-refractivity contribution in [3.8, 4) is 0 Å². The number of amides is 2. The normalized spacial score (nSPS) is 14.8. The van der Waals surface area contributed by atoms with E-state index in [1.54, 1.807) is 17.6 Å². The molecular formula is C20H18N2O3S. The first-order valence-electron chi connectivity index (χ1n) is 8.49. The van der Waals surface area contributed by atoms with Crippen molar-refractivity contribution in [2.24, 2.45) is 5.92 Å². The largest absolute Gasteiger partial charge is 0.344 e. The highest BCUT2D eigenvalue weighted by Crippen LogP contribution is 2.41. The first kappa shape index (κ1) is 16.8. The van der Waals surface area contributed by atoms with Gasteiger partial charge in [0.1, 0.15) is 0 Å². The number of nitrogens with one attached hydrogen (secondary N) is 2. The van der Waals surface area contributed by atoms with E-state index in [0.29, 0.717) is 16.4 Å². The summed E-state index contributed by atoms with van der Waals surface area (Å²) in [5.41, 5.74) is 2.97. The highest BCUT2D eigenvalue weighted by Gasteiger charge is 2.33. The van der Waals surface area contributed by atoms with Crippen LogP contribution in [0.15, 0.2) is 54.6 Å². The standard InChI is InChI=1S/C20H18N2O3S/c23-19(22-25)14-9-7-13(8-10-14)18(12-5-6-12)21-20(24)17-11-15-3-1-2-4-16(15)26-17/h1-4,7-12,18,25H,5-6H2,(H,21,24)(H,22,23)/t18-/m1/s1. The smallest absolute Gasteiger partial charge is 0.274 e. The minimum atomic E-state index is -0.547. The fourth-order valence-electron chi connectivity index (χ4n) is 3.12. The Kier molecular flexibility index (Phi) is 4.44. The molecule has 4 rings (SSSR count). The predicted octanol–water partition coefficient (Wildman–Crippen LogP) is 3.90. The Morgan fingerprint density at radius 2 is 1.77 bits per heavy atom. The number of carbonyl (C=O) groups is 2. The lowest BCUT2D eigenvalue weighted by atomic mass is 10.0. The molecular weight excluding hydrogens is 348 g/mol. The lowest BCUT2D eigenvalue weighted by Crippen LogP contribution is -2.29. The van der Waals surface area contributed by atoms with Crippen molar-refractivity contribution in [2.75, 3.05) is 0 Å². The molecule has 0 bridgehead atoms. The molecule has 1 heterocycles. The predicted molar refractivity (Wildman–Crippen MR) is 100 cm³/mol. The highest BCUT2D eigenvalue weighted by molar-refractivity contribution is 7.20. The molecule has 1 aliphatic carbocycles. The molecule has 0 spiro atoms. The average molecular weight is 366 g/mol. The maximum Gasteiger partial charge on any atom is 0.274 e. The fraction of sp³-hybridized carbons (Fsp3) is 0.200. The van der Waals surface area contributed by atoms with E-state index in [0.717, 1.165) is 28.5 Å². The second-order valence-corrected chi connectivity index (χ2v) is 7.58. The molecule has 0 saturated heterocycles. The third-order valence-electron chi connectivity index (χ3n) is 4.66. The summed E-state index contributed by atoms with van der Waals surface area (Å²) in [5, 5.41) is 12.9. The summed E-state index contributed by atoms with van der Waals surface area (Å²) in [4.78, 5) is 24.9. The quantitative estimate of drug-likeness (QED) is 0.473. The van der Waals surface area contributed by atoms with Crippen LogP contribution in [0.1, 0.15) is 44.5 Å². The molecule has 0 aliphatic heterocycles. The summed E-state index contributed by atoms with van der Waals surface area (Å²) < 4.78 is 1.10. The van der Waals surface area contributed by atoms with Crippen LogP contribution in [0.5, 0.6) is 0 Å². The van der Waals surface area contributed by atoms with E-state index in [1.807, 2.05) is 42.5 Å². The first-order valence-corrected chi connectivity index (χ1v) is 9.31. The summed E-state index contributed by atoms with van der Waals surface area (Å²) in [6.45, 7) is 0. The monoisotopic (exact) mass is 366 g/mol. The molecule has 2 amide bonds. The van der Waals surface area contributed by atoms with Crippen LogP contribution < -0.4 is 10.8 Å². The van der Waals surface area contributed by atoms with Gasteiger partial charge in [-0.1, -0.05) is 30.3 Å². The van der Waals surface area contributed by atoms with E-state index in [-0.39, 0.29) is 11.9 Å². The Bertz CT molecular complexity index is 928. The lowest BCUT2D eigenvalue weighted by Gasteiger charge is -2.18. The maximum atomic E-state index is 12.8. The molecule has 1 aliphatic rings. The van der Waals surface area contributed by atoms with E-state index in [9.17, 15) is 9.59 Å². The number of hydrogen-bond donors (Lipinski definition) is 3. The third kappa shape index (κ3) is 3.34. The van der Waals surface area contributed by atoms with Gasteiger partial charge in [-0.05, 0) is 54.0 Å². The molecule has 1 fully saturated rings. The van der Waals surface area contributed by atoms with Crippen molar-refractivity contribution in [3.05, 3.63) is 70.6 Å². The van der Waals surface area contributed by atoms with Crippen molar-refractivity contribution in [1.82, 2.24) is 10.8 Å². The first-order chi connectivity index (χ1) is 12.7. The summed E-state index contributed by atoms with van der Waals surface area (Å²) in [5.74, 6) is -0.194. The van der Waals surface area contributed by atoms with Crippen LogP contribution in [-0.4, -0.2) is 17.0 Å². The molecule has 2 aromatic carbocycles. The summed E-state index contributed by atoms with van der Waals surface area (Å²) in [6.07, 6.45) is 2.16. The molecule has 1 atom stereocenters. The Morgan fingerprint density at radius 1 is 1.04 bits per heavy atom. The number of carbonyl (C=O) groups excluding carboxylic acids is 2. The molecule has 3 aromatic rings. The number of thiophene rings is 1. The van der Waals surface area contributed by atoms with Gasteiger partial charge in [0.15, 0.2) is 0 Å². The van der Waals surface area contributed by atoms with Gasteiger partial charge in [-0.15, -0.1) is 11.3 Å². The number of benzene rings is 2. The Morgan fingerprint density at radius 3 is 2.42 bits per heavy atom. The summed E-state index contributed by atoms with van der Waals surface area (Å²) in [6, 6.07) is 16.8. The zero-order valence-electron chi connectivity index (χ0n) is 13.9. The Balaban J connectivity index is 1.55. The van der Waals surface area contributed by atoms with Gasteiger partial charge in [-0.2, -0.15) is 0 Å². The molecule has 26 heavy (non-hydrogen) atoms. The zero-order chi connectivity index (χ0) is 18.1. The molecule has 132 valence electrons. The summed E-state index contributed by atoms with van der Waals surface area (Å²) in [7, 11) is 0. The van der Waals surface area contributed by atoms with E-state index in [2.05, 4.69) is 5.32 Å². The highest BCUT2D eigenvalue weighted by atomic mass is 32.1. The number of hydrogen-bond acceptors (Lipinski definition) is 4. The third-order valence-corrected chi connectivity index (χ3v) is 5.78. The minimum absolute atomic E-state index is 0.0692. The number of rotatable bonds is 5. The zero-order valence-corrected chi connectivity index (χ0v) is 14.8. The topological polar surface area (TPSA) is 78.4 Å². The van der Waals surface area contributed by atoms with Crippen LogP contribution in [0.3, 0.4) is 0 Å². The fourth-order valence-corrected chi connectivity index (χ4v) is 4.08. The van der Waals surface area contributed by atoms with Gasteiger partial charge in [-0.3, -0.25) is 14.8 Å². The van der Waals surface area contributed by atoms with Crippen molar-refractivity contribution in [1.29, 1.82) is 0 Å². The van der Waals surface area contributed by atoms with Crippen molar-refractivity contribution >= 4 is 33.2 Å². The van der Waals surface area contributed by atoms with Crippen LogP contribution >= 0.6 is 11.3 Å². The van der Waals surface area contributed by atoms with Crippen LogP contribution in [-0.2, 0) is 0 Å². The van der Waals surface area contributed by atoms with Gasteiger partial charge in [0.2, 0.25) is 0 Å². The summed E-state index contributed by atoms with van der Waals surface area (Å²) >= 11 is 1.49. The number of fused-ring (bicyclic) bond motifs is 1. The van der Waals surface area contributed by atoms with Gasteiger partial charge in [-0.25, -0.2) is 5.48 Å². The second-order valence-electron chi connectivity index (χ2n) is 6.50. The maximum absolute atomic E-state index is 12.8. The SMILES string of the molecule is O=C(NO)c1ccc([C@H](NC(=O)c2cc3ccccc3s2)C2CC2)cc1. The van der Waals surface area contributed by atoms with E-state index >= 15 is 0 Å². The van der Waals surface area contributed by atoms with Gasteiger partial charge in [0.05, 0.1) is 10.9 Å². The Hall–Kier alpha value is -2.70. The molecule has 6 heteroatoms. The van der Waals surface area contributed by atoms with Gasteiger partial charge >= 0.3 is 0 Å². The molecule has 3 N–H and O–H groups in total. The van der Waals surface area contributed by atoms with E-state index in [4.69, 9.17) is 5.21 Å². The van der Waals surface area contributed by atoms with Gasteiger partial charge in [0.25, 0.3) is 11.8 Å². The van der Waals surface area contributed by atoms with Crippen LogP contribution in [0, 0.1) is 5.92 Å². The Labute approximate surface area is 154 Å². The molecule has 5 nitrogen and oxygen atoms in total. The minimum Gasteiger partial charge on any atom is -0.344 e. The second kappa shape index (κ2) is 6.90. The molecule has 0 radical (unpaired) electrons. The van der Waals surface area contributed by atoms with Crippen LogP contribution in [0.4, 0.5) is 0 Å². The average Bonchev–Trinajstić information content (AvgIpc) is 3.42. The van der Waals surface area contributed by atoms with E-state index in [1.165, 1.54) is 11.3 Å². The van der Waals surface area contributed by atoms with Gasteiger partial charge < -0.3 is 5.32 Å².